The van der Waals surface area contributed by atoms with Crippen LogP contribution in [0.25, 0.3) is 11.1 Å². The third-order valence-corrected chi connectivity index (χ3v) is 2.30. The summed E-state index contributed by atoms with van der Waals surface area (Å²) in [5.41, 5.74) is 15.9. The maximum absolute atomic E-state index is 5.88. The highest BCUT2D eigenvalue weighted by Crippen LogP contribution is 2.27. The second-order valence-corrected chi connectivity index (χ2v) is 3.53. The summed E-state index contributed by atoms with van der Waals surface area (Å²) < 4.78 is 0. The maximum Gasteiger partial charge on any atom is 0.0395 e. The van der Waals surface area contributed by atoms with Crippen molar-refractivity contribution in [1.29, 1.82) is 0 Å². The molecule has 2 rings (SSSR count). The van der Waals surface area contributed by atoms with E-state index in [1.807, 2.05) is 31.2 Å². The van der Waals surface area contributed by atoms with Crippen molar-refractivity contribution in [2.75, 3.05) is 11.5 Å². The van der Waals surface area contributed by atoms with E-state index in [1.54, 1.807) is 12.3 Å². The van der Waals surface area contributed by atoms with Gasteiger partial charge < -0.3 is 11.5 Å². The number of hydrogen-bond donors (Lipinski definition) is 2. The number of nitrogens with two attached hydrogens (primary N) is 2. The van der Waals surface area contributed by atoms with E-state index >= 15 is 0 Å². The van der Waals surface area contributed by atoms with Gasteiger partial charge in [0.15, 0.2) is 0 Å². The standard InChI is InChI=1S/C12H13N3/c1-8-2-3-9(7-15-8)11-6-10(13)4-5-12(11)14/h2-7H,13-14H2,1H3. The molecule has 0 bridgehead atoms. The molecule has 0 saturated carbocycles. The molecule has 3 nitrogen and oxygen atoms in total. The highest BCUT2D eigenvalue weighted by atomic mass is 14.7. The van der Waals surface area contributed by atoms with Crippen LogP contribution in [0.3, 0.4) is 0 Å². The molecule has 0 aliphatic carbocycles. The highest BCUT2D eigenvalue weighted by Gasteiger charge is 2.02. The second kappa shape index (κ2) is 3.61. The quantitative estimate of drug-likeness (QED) is 0.692. The van der Waals surface area contributed by atoms with Gasteiger partial charge in [-0.15, -0.1) is 0 Å². The van der Waals surface area contributed by atoms with Crippen molar-refractivity contribution in [1.82, 2.24) is 4.98 Å². The summed E-state index contributed by atoms with van der Waals surface area (Å²) in [7, 11) is 0. The summed E-state index contributed by atoms with van der Waals surface area (Å²) in [6.07, 6.45) is 1.81. The summed E-state index contributed by atoms with van der Waals surface area (Å²) >= 11 is 0. The Labute approximate surface area is 88.8 Å². The largest absolute Gasteiger partial charge is 0.399 e. The number of aryl methyl sites for hydroxylation is 1. The zero-order chi connectivity index (χ0) is 10.8. The van der Waals surface area contributed by atoms with E-state index in [4.69, 9.17) is 11.5 Å². The first-order valence-electron chi connectivity index (χ1n) is 4.75. The topological polar surface area (TPSA) is 64.9 Å². The molecule has 3 heteroatoms. The fourth-order valence-corrected chi connectivity index (χ4v) is 1.45. The maximum atomic E-state index is 5.88. The first kappa shape index (κ1) is 9.52. The first-order valence-corrected chi connectivity index (χ1v) is 4.75. The lowest BCUT2D eigenvalue weighted by Gasteiger charge is -2.06. The number of pyridine rings is 1. The average molecular weight is 199 g/mol. The van der Waals surface area contributed by atoms with Crippen LogP contribution in [0.2, 0.25) is 0 Å². The van der Waals surface area contributed by atoms with Gasteiger partial charge in [-0.05, 0) is 31.2 Å². The SMILES string of the molecule is Cc1ccc(-c2cc(N)ccc2N)cn1. The van der Waals surface area contributed by atoms with Gasteiger partial charge in [0, 0.05) is 34.4 Å². The Balaban J connectivity index is 2.53. The van der Waals surface area contributed by atoms with Crippen LogP contribution in [0.1, 0.15) is 5.69 Å². The third-order valence-electron chi connectivity index (χ3n) is 2.30. The van der Waals surface area contributed by atoms with Crippen molar-refractivity contribution in [2.24, 2.45) is 0 Å². The van der Waals surface area contributed by atoms with E-state index < -0.39 is 0 Å². The Kier molecular flexibility index (Phi) is 2.29. The monoisotopic (exact) mass is 199 g/mol. The Hall–Kier alpha value is -2.03. The average Bonchev–Trinajstić information content (AvgIpc) is 2.23. The van der Waals surface area contributed by atoms with Gasteiger partial charge in [-0.3, -0.25) is 4.98 Å². The van der Waals surface area contributed by atoms with Crippen molar-refractivity contribution < 1.29 is 0 Å². The molecule has 0 radical (unpaired) electrons. The Morgan fingerprint density at radius 2 is 1.87 bits per heavy atom. The van der Waals surface area contributed by atoms with Crippen molar-refractivity contribution in [3.63, 3.8) is 0 Å². The molecule has 0 aliphatic heterocycles. The molecule has 15 heavy (non-hydrogen) atoms. The van der Waals surface area contributed by atoms with Gasteiger partial charge in [-0.25, -0.2) is 0 Å². The molecule has 0 fully saturated rings. The van der Waals surface area contributed by atoms with Crippen LogP contribution in [-0.2, 0) is 0 Å². The van der Waals surface area contributed by atoms with E-state index in [2.05, 4.69) is 4.98 Å². The van der Waals surface area contributed by atoms with Gasteiger partial charge in [0.2, 0.25) is 0 Å². The molecule has 76 valence electrons. The summed E-state index contributed by atoms with van der Waals surface area (Å²) in [6, 6.07) is 9.41. The van der Waals surface area contributed by atoms with Crippen LogP contribution < -0.4 is 11.5 Å². The summed E-state index contributed by atoms with van der Waals surface area (Å²) in [5, 5.41) is 0. The molecule has 1 heterocycles. The van der Waals surface area contributed by atoms with Crippen molar-refractivity contribution in [3.05, 3.63) is 42.2 Å². The number of rotatable bonds is 1. The summed E-state index contributed by atoms with van der Waals surface area (Å²) in [4.78, 5) is 4.23. The zero-order valence-corrected chi connectivity index (χ0v) is 8.57. The van der Waals surface area contributed by atoms with Gasteiger partial charge in [-0.2, -0.15) is 0 Å². The molecule has 1 aromatic heterocycles. The molecule has 0 amide bonds. The molecule has 0 aliphatic rings. The number of anilines is 2. The van der Waals surface area contributed by atoms with Crippen LogP contribution in [-0.4, -0.2) is 4.98 Å². The molecule has 2 aromatic rings. The van der Waals surface area contributed by atoms with E-state index in [-0.39, 0.29) is 0 Å². The Morgan fingerprint density at radius 3 is 2.53 bits per heavy atom. The minimum Gasteiger partial charge on any atom is -0.399 e. The van der Waals surface area contributed by atoms with Gasteiger partial charge in [0.05, 0.1) is 0 Å². The van der Waals surface area contributed by atoms with E-state index in [0.29, 0.717) is 5.69 Å². The predicted molar refractivity (Wildman–Crippen MR) is 63.2 cm³/mol. The molecular weight excluding hydrogens is 186 g/mol. The van der Waals surface area contributed by atoms with Crippen molar-refractivity contribution in [3.8, 4) is 11.1 Å². The van der Waals surface area contributed by atoms with Gasteiger partial charge in [0.25, 0.3) is 0 Å². The minimum absolute atomic E-state index is 0.708. The molecule has 0 unspecified atom stereocenters. The van der Waals surface area contributed by atoms with Crippen molar-refractivity contribution >= 4 is 11.4 Å². The second-order valence-electron chi connectivity index (χ2n) is 3.53. The third kappa shape index (κ3) is 1.91. The molecular formula is C12H13N3. The van der Waals surface area contributed by atoms with Crippen LogP contribution in [0.15, 0.2) is 36.5 Å². The molecule has 1 aromatic carbocycles. The number of aromatic nitrogens is 1. The lowest BCUT2D eigenvalue weighted by molar-refractivity contribution is 1.20. The van der Waals surface area contributed by atoms with E-state index in [0.717, 1.165) is 22.5 Å². The van der Waals surface area contributed by atoms with Crippen molar-refractivity contribution in [2.45, 2.75) is 6.92 Å². The highest BCUT2D eigenvalue weighted by molar-refractivity contribution is 5.78. The first-order chi connectivity index (χ1) is 7.16. The van der Waals surface area contributed by atoms with Crippen LogP contribution in [0, 0.1) is 6.92 Å². The number of benzene rings is 1. The minimum atomic E-state index is 0.708. The fraction of sp³-hybridized carbons (Fsp3) is 0.0833. The molecule has 0 spiro atoms. The van der Waals surface area contributed by atoms with Crippen LogP contribution in [0.4, 0.5) is 11.4 Å². The Bertz CT molecular complexity index is 475. The molecule has 4 N–H and O–H groups in total. The van der Waals surface area contributed by atoms with Gasteiger partial charge in [0.1, 0.15) is 0 Å². The zero-order valence-electron chi connectivity index (χ0n) is 8.57. The van der Waals surface area contributed by atoms with Gasteiger partial charge in [-0.1, -0.05) is 6.07 Å². The Morgan fingerprint density at radius 1 is 1.07 bits per heavy atom. The summed E-state index contributed by atoms with van der Waals surface area (Å²) in [6.45, 7) is 1.95. The predicted octanol–water partition coefficient (Wildman–Crippen LogP) is 2.22. The molecule has 0 saturated heterocycles. The number of hydrogen-bond acceptors (Lipinski definition) is 3. The van der Waals surface area contributed by atoms with Gasteiger partial charge >= 0.3 is 0 Å². The fourth-order valence-electron chi connectivity index (χ4n) is 1.45. The van der Waals surface area contributed by atoms with E-state index in [9.17, 15) is 0 Å². The molecule has 0 atom stereocenters. The van der Waals surface area contributed by atoms with Crippen LogP contribution >= 0.6 is 0 Å². The van der Waals surface area contributed by atoms with E-state index in [1.165, 1.54) is 0 Å². The lowest BCUT2D eigenvalue weighted by atomic mass is 10.0. The summed E-state index contributed by atoms with van der Waals surface area (Å²) in [5.74, 6) is 0. The van der Waals surface area contributed by atoms with Crippen LogP contribution in [0.5, 0.6) is 0 Å². The lowest BCUT2D eigenvalue weighted by Crippen LogP contribution is -1.93. The smallest absolute Gasteiger partial charge is 0.0395 e. The number of nitrogens with zero attached hydrogens (tertiary/aromatic N) is 1. The normalized spacial score (nSPS) is 10.2. The number of nitrogen functional groups attached to an aromatic ring is 2.